The van der Waals surface area contributed by atoms with E-state index in [1.54, 1.807) is 28.9 Å². The molecule has 0 radical (unpaired) electrons. The average molecular weight is 317 g/mol. The minimum atomic E-state index is -0.00129. The van der Waals surface area contributed by atoms with Gasteiger partial charge in [-0.1, -0.05) is 6.07 Å². The van der Waals surface area contributed by atoms with E-state index in [4.69, 9.17) is 0 Å². The number of amides is 1. The van der Waals surface area contributed by atoms with E-state index < -0.39 is 0 Å². The van der Waals surface area contributed by atoms with Crippen LogP contribution in [0.25, 0.3) is 10.7 Å². The number of hydrogen-bond donors (Lipinski definition) is 1. The standard InChI is InChI=1S/C15H15N3OS2/c1-11-4-8-21-13(11)9-17-14(19)10-18-6-5-16-15(18)12-3-2-7-20-12/h2-8H,9-10H2,1H3,(H,17,19). The summed E-state index contributed by atoms with van der Waals surface area (Å²) in [5, 5.41) is 7.01. The van der Waals surface area contributed by atoms with E-state index in [0.29, 0.717) is 6.54 Å². The van der Waals surface area contributed by atoms with Gasteiger partial charge in [0.2, 0.25) is 5.91 Å². The molecule has 0 aliphatic rings. The molecule has 0 aliphatic carbocycles. The van der Waals surface area contributed by atoms with Gasteiger partial charge in [-0.25, -0.2) is 4.98 Å². The van der Waals surface area contributed by atoms with Crippen LogP contribution in [0, 0.1) is 6.92 Å². The minimum Gasteiger partial charge on any atom is -0.350 e. The van der Waals surface area contributed by atoms with E-state index in [1.165, 1.54) is 10.4 Å². The van der Waals surface area contributed by atoms with Crippen molar-refractivity contribution in [1.29, 1.82) is 0 Å². The number of hydrogen-bond acceptors (Lipinski definition) is 4. The third kappa shape index (κ3) is 3.22. The van der Waals surface area contributed by atoms with Crippen molar-refractivity contribution in [3.63, 3.8) is 0 Å². The zero-order valence-corrected chi connectivity index (χ0v) is 13.2. The van der Waals surface area contributed by atoms with Crippen LogP contribution in [0.4, 0.5) is 0 Å². The van der Waals surface area contributed by atoms with E-state index in [-0.39, 0.29) is 12.5 Å². The number of aromatic nitrogens is 2. The van der Waals surface area contributed by atoms with Crippen LogP contribution < -0.4 is 5.32 Å². The Morgan fingerprint density at radius 1 is 1.33 bits per heavy atom. The van der Waals surface area contributed by atoms with Gasteiger partial charge in [0.25, 0.3) is 0 Å². The second-order valence-corrected chi connectivity index (χ2v) is 6.61. The summed E-state index contributed by atoms with van der Waals surface area (Å²) in [5.74, 6) is 0.839. The number of aryl methyl sites for hydroxylation is 1. The highest BCUT2D eigenvalue weighted by Crippen LogP contribution is 2.22. The third-order valence-corrected chi connectivity index (χ3v) is 5.07. The van der Waals surface area contributed by atoms with Gasteiger partial charge in [0.05, 0.1) is 11.4 Å². The summed E-state index contributed by atoms with van der Waals surface area (Å²) in [6, 6.07) is 6.06. The molecule has 4 nitrogen and oxygen atoms in total. The summed E-state index contributed by atoms with van der Waals surface area (Å²) in [5.41, 5.74) is 1.22. The number of imidazole rings is 1. The zero-order chi connectivity index (χ0) is 14.7. The first-order valence-electron chi connectivity index (χ1n) is 6.58. The largest absolute Gasteiger partial charge is 0.350 e. The summed E-state index contributed by atoms with van der Waals surface area (Å²) < 4.78 is 1.88. The molecule has 1 N–H and O–H groups in total. The molecule has 0 saturated heterocycles. The van der Waals surface area contributed by atoms with Gasteiger partial charge in [-0.3, -0.25) is 4.79 Å². The molecule has 0 spiro atoms. The van der Waals surface area contributed by atoms with E-state index in [9.17, 15) is 4.79 Å². The van der Waals surface area contributed by atoms with Gasteiger partial charge < -0.3 is 9.88 Å². The van der Waals surface area contributed by atoms with Gasteiger partial charge in [0.15, 0.2) is 0 Å². The lowest BCUT2D eigenvalue weighted by atomic mass is 10.3. The predicted molar refractivity (Wildman–Crippen MR) is 86.4 cm³/mol. The van der Waals surface area contributed by atoms with Crippen LogP contribution in [0.3, 0.4) is 0 Å². The van der Waals surface area contributed by atoms with Gasteiger partial charge >= 0.3 is 0 Å². The van der Waals surface area contributed by atoms with Crippen LogP contribution in [-0.4, -0.2) is 15.5 Å². The highest BCUT2D eigenvalue weighted by Gasteiger charge is 2.10. The first-order chi connectivity index (χ1) is 10.2. The first-order valence-corrected chi connectivity index (χ1v) is 8.34. The van der Waals surface area contributed by atoms with Crippen molar-refractivity contribution in [3.8, 4) is 10.7 Å². The molecule has 6 heteroatoms. The lowest BCUT2D eigenvalue weighted by Gasteiger charge is -2.08. The van der Waals surface area contributed by atoms with Crippen LogP contribution in [0.1, 0.15) is 10.4 Å². The van der Waals surface area contributed by atoms with E-state index in [1.807, 2.05) is 33.7 Å². The summed E-state index contributed by atoms with van der Waals surface area (Å²) >= 11 is 3.29. The van der Waals surface area contributed by atoms with Crippen molar-refractivity contribution < 1.29 is 4.79 Å². The Morgan fingerprint density at radius 3 is 2.95 bits per heavy atom. The average Bonchev–Trinajstić information content (AvgIpc) is 3.17. The van der Waals surface area contributed by atoms with Crippen molar-refractivity contribution >= 4 is 28.6 Å². The molecule has 3 aromatic rings. The molecule has 0 unspecified atom stereocenters. The lowest BCUT2D eigenvalue weighted by Crippen LogP contribution is -2.27. The Labute approximate surface area is 131 Å². The number of nitrogens with one attached hydrogen (secondary N) is 1. The molecule has 0 aromatic carbocycles. The fourth-order valence-corrected chi connectivity index (χ4v) is 3.62. The molecule has 0 saturated carbocycles. The molecule has 0 fully saturated rings. The molecule has 3 rings (SSSR count). The fraction of sp³-hybridized carbons (Fsp3) is 0.200. The van der Waals surface area contributed by atoms with Crippen molar-refractivity contribution in [2.45, 2.75) is 20.0 Å². The van der Waals surface area contributed by atoms with Crippen LogP contribution in [0.2, 0.25) is 0 Å². The van der Waals surface area contributed by atoms with E-state index in [0.717, 1.165) is 10.7 Å². The number of thiophene rings is 2. The van der Waals surface area contributed by atoms with Crippen molar-refractivity contribution in [2.75, 3.05) is 0 Å². The normalized spacial score (nSPS) is 10.7. The molecular weight excluding hydrogens is 302 g/mol. The predicted octanol–water partition coefficient (Wildman–Crippen LogP) is 3.30. The van der Waals surface area contributed by atoms with Crippen LogP contribution in [-0.2, 0) is 17.9 Å². The third-order valence-electron chi connectivity index (χ3n) is 3.19. The maximum atomic E-state index is 12.1. The minimum absolute atomic E-state index is 0.00129. The van der Waals surface area contributed by atoms with Crippen LogP contribution in [0.5, 0.6) is 0 Å². The summed E-state index contributed by atoms with van der Waals surface area (Å²) in [7, 11) is 0. The molecule has 108 valence electrons. The van der Waals surface area contributed by atoms with Crippen LogP contribution in [0.15, 0.2) is 41.4 Å². The Morgan fingerprint density at radius 2 is 2.24 bits per heavy atom. The Bertz CT molecular complexity index is 728. The molecule has 0 aliphatic heterocycles. The lowest BCUT2D eigenvalue weighted by molar-refractivity contribution is -0.121. The molecule has 0 bridgehead atoms. The second kappa shape index (κ2) is 6.24. The van der Waals surface area contributed by atoms with Gasteiger partial charge in [-0.2, -0.15) is 0 Å². The highest BCUT2D eigenvalue weighted by atomic mass is 32.1. The van der Waals surface area contributed by atoms with Crippen molar-refractivity contribution in [2.24, 2.45) is 0 Å². The van der Waals surface area contributed by atoms with Gasteiger partial charge in [0, 0.05) is 17.3 Å². The SMILES string of the molecule is Cc1ccsc1CNC(=O)Cn1ccnc1-c1cccs1. The summed E-state index contributed by atoms with van der Waals surface area (Å²) in [6.45, 7) is 2.94. The zero-order valence-electron chi connectivity index (χ0n) is 11.6. The van der Waals surface area contributed by atoms with Gasteiger partial charge in [-0.05, 0) is 35.4 Å². The van der Waals surface area contributed by atoms with Crippen molar-refractivity contribution in [3.05, 3.63) is 51.8 Å². The number of nitrogens with zero attached hydrogens (tertiary/aromatic N) is 2. The molecule has 21 heavy (non-hydrogen) atoms. The summed E-state index contributed by atoms with van der Waals surface area (Å²) in [4.78, 5) is 18.7. The highest BCUT2D eigenvalue weighted by molar-refractivity contribution is 7.13. The second-order valence-electron chi connectivity index (χ2n) is 4.66. The molecular formula is C15H15N3OS2. The van der Waals surface area contributed by atoms with Crippen LogP contribution >= 0.6 is 22.7 Å². The Hall–Kier alpha value is -1.92. The number of carbonyl (C=O) groups is 1. The maximum Gasteiger partial charge on any atom is 0.240 e. The monoisotopic (exact) mass is 317 g/mol. The van der Waals surface area contributed by atoms with E-state index >= 15 is 0 Å². The van der Waals surface area contributed by atoms with Crippen molar-refractivity contribution in [1.82, 2.24) is 14.9 Å². The van der Waals surface area contributed by atoms with Gasteiger partial charge in [-0.15, -0.1) is 22.7 Å². The van der Waals surface area contributed by atoms with Gasteiger partial charge in [0.1, 0.15) is 12.4 Å². The number of carbonyl (C=O) groups excluding carboxylic acids is 1. The quantitative estimate of drug-likeness (QED) is 0.785. The topological polar surface area (TPSA) is 46.9 Å². The summed E-state index contributed by atoms with van der Waals surface area (Å²) in [6.07, 6.45) is 3.57. The molecule has 1 amide bonds. The Balaban J connectivity index is 1.63. The maximum absolute atomic E-state index is 12.1. The molecule has 3 heterocycles. The molecule has 3 aromatic heterocycles. The first kappa shape index (κ1) is 14.0. The molecule has 0 atom stereocenters. The van der Waals surface area contributed by atoms with E-state index in [2.05, 4.69) is 23.3 Å². The number of rotatable bonds is 5. The Kier molecular flexibility index (Phi) is 4.17. The fourth-order valence-electron chi connectivity index (χ4n) is 2.04. The smallest absolute Gasteiger partial charge is 0.240 e.